The van der Waals surface area contributed by atoms with E-state index < -0.39 is 11.8 Å². The quantitative estimate of drug-likeness (QED) is 0.228. The number of carbonyl (C=O) groups is 2. The second-order valence-electron chi connectivity index (χ2n) is 10.4. The molecule has 0 radical (unpaired) electrons. The van der Waals surface area contributed by atoms with E-state index in [4.69, 9.17) is 4.74 Å². The molecule has 4 N–H and O–H groups in total. The Kier molecular flexibility index (Phi) is 8.29. The Labute approximate surface area is 237 Å². The van der Waals surface area contributed by atoms with Crippen molar-refractivity contribution in [2.45, 2.75) is 26.2 Å². The number of fused-ring (bicyclic) bond motifs is 1. The SMILES string of the molecule is COC(=O)c1cc2cc(NCc3cc(NC(=O)c4ccc(CN5CNC(N(C)C)C5)c(F)c4)ccc3C)cnc2[nH]1. The summed E-state index contributed by atoms with van der Waals surface area (Å²) in [6, 6.07) is 13.9. The molecule has 2 aromatic carbocycles. The van der Waals surface area contributed by atoms with E-state index in [0.717, 1.165) is 28.7 Å². The number of aromatic nitrogens is 2. The predicted octanol–water partition coefficient (Wildman–Crippen LogP) is 3.91. The molecule has 4 aromatic rings. The molecule has 0 spiro atoms. The summed E-state index contributed by atoms with van der Waals surface area (Å²) in [5.74, 6) is -1.23. The molecule has 5 rings (SSSR count). The molecule has 1 fully saturated rings. The summed E-state index contributed by atoms with van der Waals surface area (Å²) >= 11 is 0. The standard InChI is InChI=1S/C30H34FN7O3/c1-18-5-8-23(10-22(18)13-32-24-9-21-12-26(30(40)41-4)36-28(21)33-14-24)35-29(39)19-6-7-20(25(31)11-19)15-38-16-27(34-17-38)37(2)3/h5-12,14,27,32,34H,13,15-17H2,1-4H3,(H,33,36)(H,35,39). The van der Waals surface area contributed by atoms with Gasteiger partial charge in [-0.1, -0.05) is 12.1 Å². The number of aromatic amines is 1. The van der Waals surface area contributed by atoms with E-state index >= 15 is 0 Å². The minimum atomic E-state index is -0.455. The Balaban J connectivity index is 1.21. The molecule has 11 heteroatoms. The number of pyridine rings is 1. The molecule has 1 amide bonds. The highest BCUT2D eigenvalue weighted by Crippen LogP contribution is 2.22. The first-order valence-electron chi connectivity index (χ1n) is 13.3. The number of rotatable bonds is 9. The van der Waals surface area contributed by atoms with Crippen molar-refractivity contribution in [3.05, 3.63) is 88.5 Å². The monoisotopic (exact) mass is 559 g/mol. The molecule has 1 aliphatic rings. The maximum atomic E-state index is 14.9. The zero-order valence-corrected chi connectivity index (χ0v) is 23.5. The molecular formula is C30H34FN7O3. The second-order valence-corrected chi connectivity index (χ2v) is 10.4. The van der Waals surface area contributed by atoms with E-state index in [1.807, 2.05) is 45.3 Å². The van der Waals surface area contributed by atoms with Crippen molar-refractivity contribution in [3.63, 3.8) is 0 Å². The van der Waals surface area contributed by atoms with Crippen LogP contribution in [0.15, 0.2) is 54.7 Å². The molecule has 1 unspecified atom stereocenters. The fourth-order valence-electron chi connectivity index (χ4n) is 4.80. The number of anilines is 2. The van der Waals surface area contributed by atoms with Gasteiger partial charge in [0.15, 0.2) is 0 Å². The lowest BCUT2D eigenvalue weighted by molar-refractivity contribution is 0.0595. The Morgan fingerprint density at radius 1 is 1.12 bits per heavy atom. The molecule has 0 saturated carbocycles. The topological polar surface area (TPSA) is 115 Å². The normalized spacial score (nSPS) is 15.4. The van der Waals surface area contributed by atoms with Gasteiger partial charge in [-0.05, 0) is 68.5 Å². The van der Waals surface area contributed by atoms with Crippen molar-refractivity contribution in [1.29, 1.82) is 0 Å². The number of hydrogen-bond donors (Lipinski definition) is 4. The number of carbonyl (C=O) groups excluding carboxylic acids is 2. The fourth-order valence-corrected chi connectivity index (χ4v) is 4.80. The zero-order valence-electron chi connectivity index (χ0n) is 23.5. The molecule has 214 valence electrons. The Morgan fingerprint density at radius 3 is 2.68 bits per heavy atom. The van der Waals surface area contributed by atoms with Gasteiger partial charge in [0.1, 0.15) is 17.2 Å². The Hall–Kier alpha value is -4.32. The van der Waals surface area contributed by atoms with Crippen LogP contribution in [0.1, 0.15) is 37.5 Å². The number of H-pyrrole nitrogens is 1. The van der Waals surface area contributed by atoms with Crippen molar-refractivity contribution < 1.29 is 18.7 Å². The van der Waals surface area contributed by atoms with Crippen molar-refractivity contribution in [3.8, 4) is 0 Å². The van der Waals surface area contributed by atoms with Crippen molar-refractivity contribution >= 4 is 34.3 Å². The molecule has 2 aromatic heterocycles. The van der Waals surface area contributed by atoms with Gasteiger partial charge in [0.25, 0.3) is 5.91 Å². The smallest absolute Gasteiger partial charge is 0.354 e. The van der Waals surface area contributed by atoms with Gasteiger partial charge in [-0.2, -0.15) is 0 Å². The van der Waals surface area contributed by atoms with Crippen molar-refractivity contribution in [1.82, 2.24) is 25.1 Å². The largest absolute Gasteiger partial charge is 0.464 e. The summed E-state index contributed by atoms with van der Waals surface area (Å²) in [5, 5.41) is 10.4. The van der Waals surface area contributed by atoms with Crippen LogP contribution in [-0.2, 0) is 17.8 Å². The van der Waals surface area contributed by atoms with Crippen LogP contribution in [0, 0.1) is 12.7 Å². The summed E-state index contributed by atoms with van der Waals surface area (Å²) in [4.78, 5) is 36.3. The van der Waals surface area contributed by atoms with E-state index in [0.29, 0.717) is 42.4 Å². The van der Waals surface area contributed by atoms with E-state index in [-0.39, 0.29) is 17.6 Å². The molecule has 3 heterocycles. The summed E-state index contributed by atoms with van der Waals surface area (Å²) < 4.78 is 19.7. The van der Waals surface area contributed by atoms with Gasteiger partial charge in [-0.3, -0.25) is 19.9 Å². The van der Waals surface area contributed by atoms with Crippen LogP contribution in [0.2, 0.25) is 0 Å². The number of aryl methyl sites for hydroxylation is 1. The first-order valence-corrected chi connectivity index (χ1v) is 13.3. The molecule has 0 aliphatic carbocycles. The molecule has 1 saturated heterocycles. The van der Waals surface area contributed by atoms with Gasteiger partial charge in [0.2, 0.25) is 0 Å². The van der Waals surface area contributed by atoms with Gasteiger partial charge in [-0.15, -0.1) is 0 Å². The number of hydrogen-bond acceptors (Lipinski definition) is 8. The van der Waals surface area contributed by atoms with Crippen LogP contribution in [-0.4, -0.2) is 72.2 Å². The van der Waals surface area contributed by atoms with Crippen molar-refractivity contribution in [2.75, 3.05) is 45.1 Å². The lowest BCUT2D eigenvalue weighted by atomic mass is 10.1. The van der Waals surface area contributed by atoms with E-state index in [1.165, 1.54) is 13.2 Å². The number of halogens is 1. The number of likely N-dealkylation sites (N-methyl/N-ethyl adjacent to an activating group) is 1. The number of nitrogens with zero attached hydrogens (tertiary/aromatic N) is 3. The molecule has 41 heavy (non-hydrogen) atoms. The number of benzene rings is 2. The summed E-state index contributed by atoms with van der Waals surface area (Å²) in [6.45, 7) is 4.43. The molecule has 10 nitrogen and oxygen atoms in total. The highest BCUT2D eigenvalue weighted by atomic mass is 19.1. The maximum Gasteiger partial charge on any atom is 0.354 e. The van der Waals surface area contributed by atoms with Crippen LogP contribution < -0.4 is 16.0 Å². The average molecular weight is 560 g/mol. The first kappa shape index (κ1) is 28.2. The van der Waals surface area contributed by atoms with Crippen LogP contribution in [0.3, 0.4) is 0 Å². The molecule has 0 bridgehead atoms. The predicted molar refractivity (Wildman–Crippen MR) is 156 cm³/mol. The number of nitrogens with one attached hydrogen (secondary N) is 4. The number of esters is 1. The highest BCUT2D eigenvalue weighted by molar-refractivity contribution is 6.04. The van der Waals surface area contributed by atoms with E-state index in [2.05, 4.69) is 35.7 Å². The minimum Gasteiger partial charge on any atom is -0.464 e. The van der Waals surface area contributed by atoms with E-state index in [1.54, 1.807) is 24.4 Å². The molecular weight excluding hydrogens is 525 g/mol. The van der Waals surface area contributed by atoms with Crippen LogP contribution >= 0.6 is 0 Å². The molecule has 1 atom stereocenters. The van der Waals surface area contributed by atoms with E-state index in [9.17, 15) is 14.0 Å². The first-order chi connectivity index (χ1) is 19.7. The third kappa shape index (κ3) is 6.54. The number of amides is 1. The number of ether oxygens (including phenoxy) is 1. The number of methoxy groups -OCH3 is 1. The van der Waals surface area contributed by atoms with Gasteiger partial charge in [0, 0.05) is 48.5 Å². The summed E-state index contributed by atoms with van der Waals surface area (Å²) in [6.07, 6.45) is 1.92. The summed E-state index contributed by atoms with van der Waals surface area (Å²) in [5.41, 5.74) is 5.15. The lowest BCUT2D eigenvalue weighted by Crippen LogP contribution is -2.38. The fraction of sp³-hybridized carbons (Fsp3) is 0.300. The van der Waals surface area contributed by atoms with Gasteiger partial charge in [0.05, 0.1) is 25.2 Å². The van der Waals surface area contributed by atoms with Crippen LogP contribution in [0.5, 0.6) is 0 Å². The second kappa shape index (κ2) is 12.0. The van der Waals surface area contributed by atoms with Crippen LogP contribution in [0.4, 0.5) is 15.8 Å². The Bertz CT molecular complexity index is 1590. The van der Waals surface area contributed by atoms with Gasteiger partial charge < -0.3 is 20.4 Å². The van der Waals surface area contributed by atoms with Crippen LogP contribution in [0.25, 0.3) is 11.0 Å². The van der Waals surface area contributed by atoms with Crippen molar-refractivity contribution in [2.24, 2.45) is 0 Å². The average Bonchev–Trinajstić information content (AvgIpc) is 3.61. The maximum absolute atomic E-state index is 14.9. The Morgan fingerprint density at radius 2 is 1.95 bits per heavy atom. The van der Waals surface area contributed by atoms with Gasteiger partial charge in [-0.25, -0.2) is 14.2 Å². The third-order valence-corrected chi connectivity index (χ3v) is 7.28. The molecule has 1 aliphatic heterocycles. The summed E-state index contributed by atoms with van der Waals surface area (Å²) in [7, 11) is 5.35. The lowest BCUT2D eigenvalue weighted by Gasteiger charge is -2.19. The minimum absolute atomic E-state index is 0.235. The zero-order chi connectivity index (χ0) is 29.1. The van der Waals surface area contributed by atoms with Gasteiger partial charge >= 0.3 is 5.97 Å². The third-order valence-electron chi connectivity index (χ3n) is 7.28. The highest BCUT2D eigenvalue weighted by Gasteiger charge is 2.24.